The summed E-state index contributed by atoms with van der Waals surface area (Å²) in [7, 11) is 0. The van der Waals surface area contributed by atoms with Crippen molar-refractivity contribution >= 4 is 29.5 Å². The summed E-state index contributed by atoms with van der Waals surface area (Å²) in [6.45, 7) is 0. The van der Waals surface area contributed by atoms with E-state index in [4.69, 9.17) is 0 Å². The summed E-state index contributed by atoms with van der Waals surface area (Å²) < 4.78 is 4.61. The molecule has 0 aliphatic heterocycles. The minimum absolute atomic E-state index is 0.154. The molecule has 0 amide bonds. The van der Waals surface area contributed by atoms with E-state index >= 15 is 0 Å². The molecule has 5 nitrogen and oxygen atoms in total. The largest absolute Gasteiger partial charge is 0.393 e. The summed E-state index contributed by atoms with van der Waals surface area (Å²) in [5.74, 6) is -1.85. The van der Waals surface area contributed by atoms with Crippen molar-refractivity contribution in [3.63, 3.8) is 0 Å². The second-order valence-electron chi connectivity index (χ2n) is 4.23. The smallest absolute Gasteiger partial charge is 0.321 e. The van der Waals surface area contributed by atoms with Crippen LogP contribution in [0.15, 0.2) is 23.4 Å². The zero-order valence-corrected chi connectivity index (χ0v) is 11.2. The number of hydrogen-bond acceptors (Lipinski definition) is 6. The van der Waals surface area contributed by atoms with Crippen LogP contribution in [-0.2, 0) is 14.3 Å². The lowest BCUT2D eigenvalue weighted by Gasteiger charge is -2.05. The second kappa shape index (κ2) is 5.97. The number of esters is 2. The fourth-order valence-corrected chi connectivity index (χ4v) is 2.11. The maximum Gasteiger partial charge on any atom is 0.321 e. The molecule has 1 aromatic rings. The summed E-state index contributed by atoms with van der Waals surface area (Å²) in [5, 5.41) is 0.564. The van der Waals surface area contributed by atoms with Crippen molar-refractivity contribution in [3.05, 3.63) is 23.9 Å². The molecule has 6 heteroatoms. The zero-order chi connectivity index (χ0) is 13.8. The number of ether oxygens (including phenoxy) is 1. The molecule has 0 aromatic carbocycles. The number of nitrogens with zero attached hydrogens (tertiary/aromatic N) is 1. The van der Waals surface area contributed by atoms with Crippen LogP contribution in [0.1, 0.15) is 29.6 Å². The lowest BCUT2D eigenvalue weighted by atomic mass is 10.1. The van der Waals surface area contributed by atoms with E-state index in [1.54, 1.807) is 24.6 Å². The number of thioether (sulfide) groups is 1. The number of Topliss-reactive ketones (excluding diaryl/α,β-unsaturated/α-hetero) is 1. The molecular formula is C13H13NO4S. The highest BCUT2D eigenvalue weighted by Gasteiger charge is 2.33. The van der Waals surface area contributed by atoms with Crippen molar-refractivity contribution in [2.24, 2.45) is 5.92 Å². The molecule has 1 heterocycles. The Hall–Kier alpha value is -1.69. The Morgan fingerprint density at radius 3 is 2.79 bits per heavy atom. The van der Waals surface area contributed by atoms with Gasteiger partial charge in [-0.1, -0.05) is 0 Å². The van der Waals surface area contributed by atoms with Gasteiger partial charge in [-0.15, -0.1) is 11.8 Å². The Bertz CT molecular complexity index is 525. The number of carbonyl (C=O) groups excluding carboxylic acids is 3. The molecule has 1 aromatic heterocycles. The zero-order valence-electron chi connectivity index (χ0n) is 10.4. The molecule has 0 radical (unpaired) electrons. The van der Waals surface area contributed by atoms with E-state index in [-0.39, 0.29) is 11.7 Å². The first kappa shape index (κ1) is 13.7. The van der Waals surface area contributed by atoms with Crippen molar-refractivity contribution in [2.45, 2.75) is 24.3 Å². The van der Waals surface area contributed by atoms with Crippen molar-refractivity contribution < 1.29 is 19.1 Å². The highest BCUT2D eigenvalue weighted by Crippen LogP contribution is 2.30. The van der Waals surface area contributed by atoms with Crippen LogP contribution < -0.4 is 0 Å². The summed E-state index contributed by atoms with van der Waals surface area (Å²) in [6, 6.07) is 3.24. The Morgan fingerprint density at radius 2 is 2.16 bits per heavy atom. The van der Waals surface area contributed by atoms with E-state index in [0.29, 0.717) is 10.6 Å². The van der Waals surface area contributed by atoms with E-state index in [1.165, 1.54) is 11.8 Å². The monoisotopic (exact) mass is 279 g/mol. The third kappa shape index (κ3) is 3.64. The highest BCUT2D eigenvalue weighted by molar-refractivity contribution is 7.98. The number of carbonyl (C=O) groups is 3. The third-order valence-electron chi connectivity index (χ3n) is 2.69. The van der Waals surface area contributed by atoms with E-state index in [1.807, 2.05) is 0 Å². The summed E-state index contributed by atoms with van der Waals surface area (Å²) in [4.78, 5) is 38.7. The molecule has 2 rings (SSSR count). The summed E-state index contributed by atoms with van der Waals surface area (Å²) in [6.07, 6.45) is 4.47. The number of rotatable bonds is 5. The fourth-order valence-electron chi connectivity index (χ4n) is 1.54. The van der Waals surface area contributed by atoms with Crippen molar-refractivity contribution in [3.8, 4) is 0 Å². The number of aromatic nitrogens is 1. The summed E-state index contributed by atoms with van der Waals surface area (Å²) >= 11 is 1.33. The number of hydrogen-bond donors (Lipinski definition) is 0. The second-order valence-corrected chi connectivity index (χ2v) is 5.02. The molecule has 1 aliphatic carbocycles. The van der Waals surface area contributed by atoms with Gasteiger partial charge in [0.05, 0.1) is 11.5 Å². The van der Waals surface area contributed by atoms with Crippen LogP contribution in [0.3, 0.4) is 0 Å². The first-order chi connectivity index (χ1) is 9.11. The van der Waals surface area contributed by atoms with Crippen molar-refractivity contribution in [2.75, 3.05) is 6.26 Å². The number of pyridine rings is 1. The van der Waals surface area contributed by atoms with Crippen LogP contribution in [-0.4, -0.2) is 29.0 Å². The third-order valence-corrected chi connectivity index (χ3v) is 3.41. The lowest BCUT2D eigenvalue weighted by molar-refractivity contribution is -0.159. The molecule has 0 bridgehead atoms. The molecule has 1 saturated carbocycles. The molecule has 100 valence electrons. The van der Waals surface area contributed by atoms with Crippen molar-refractivity contribution in [1.82, 2.24) is 4.98 Å². The van der Waals surface area contributed by atoms with Gasteiger partial charge in [0.2, 0.25) is 0 Å². The normalized spacial score (nSPS) is 13.9. The SMILES string of the molecule is CSc1ncccc1C(=O)CC(=O)OC(=O)C1CC1. The summed E-state index contributed by atoms with van der Waals surface area (Å²) in [5.41, 5.74) is 0.380. The van der Waals surface area contributed by atoms with Crippen LogP contribution in [0.2, 0.25) is 0 Å². The van der Waals surface area contributed by atoms with Gasteiger partial charge >= 0.3 is 11.9 Å². The van der Waals surface area contributed by atoms with Crippen LogP contribution in [0.5, 0.6) is 0 Å². The maximum absolute atomic E-state index is 11.9. The molecular weight excluding hydrogens is 266 g/mol. The van der Waals surface area contributed by atoms with Gasteiger partial charge in [0.25, 0.3) is 0 Å². The fraction of sp³-hybridized carbons (Fsp3) is 0.385. The van der Waals surface area contributed by atoms with Gasteiger partial charge in [0.1, 0.15) is 11.4 Å². The standard InChI is InChI=1S/C13H13NO4S/c1-19-12-9(3-2-6-14-12)10(15)7-11(16)18-13(17)8-4-5-8/h2-3,6,8H,4-5,7H2,1H3. The first-order valence-electron chi connectivity index (χ1n) is 5.88. The molecule has 1 fully saturated rings. The Labute approximate surface area is 114 Å². The van der Waals surface area contributed by atoms with Gasteiger partial charge in [-0.3, -0.25) is 14.4 Å². The topological polar surface area (TPSA) is 73.3 Å². The van der Waals surface area contributed by atoms with Crippen LogP contribution in [0.25, 0.3) is 0 Å². The van der Waals surface area contributed by atoms with Gasteiger partial charge in [0.15, 0.2) is 5.78 Å². The van der Waals surface area contributed by atoms with Crippen molar-refractivity contribution in [1.29, 1.82) is 0 Å². The quantitative estimate of drug-likeness (QED) is 0.354. The predicted molar refractivity (Wildman–Crippen MR) is 68.8 cm³/mol. The minimum atomic E-state index is -0.794. The van der Waals surface area contributed by atoms with Crippen LogP contribution >= 0.6 is 11.8 Å². The molecule has 0 unspecified atom stereocenters. The molecule has 19 heavy (non-hydrogen) atoms. The van der Waals surface area contributed by atoms with E-state index in [0.717, 1.165) is 12.8 Å². The van der Waals surface area contributed by atoms with E-state index in [9.17, 15) is 14.4 Å². The average Bonchev–Trinajstić information content (AvgIpc) is 3.22. The molecule has 0 spiro atoms. The average molecular weight is 279 g/mol. The molecule has 0 N–H and O–H groups in total. The number of ketones is 1. The van der Waals surface area contributed by atoms with Gasteiger partial charge < -0.3 is 4.74 Å². The van der Waals surface area contributed by atoms with Gasteiger partial charge in [-0.2, -0.15) is 0 Å². The van der Waals surface area contributed by atoms with Crippen LogP contribution in [0, 0.1) is 5.92 Å². The van der Waals surface area contributed by atoms with Gasteiger partial charge in [0, 0.05) is 6.20 Å². The Balaban J connectivity index is 1.96. The van der Waals surface area contributed by atoms with Gasteiger partial charge in [-0.25, -0.2) is 4.98 Å². The van der Waals surface area contributed by atoms with E-state index in [2.05, 4.69) is 9.72 Å². The first-order valence-corrected chi connectivity index (χ1v) is 7.11. The molecule has 0 atom stereocenters. The highest BCUT2D eigenvalue weighted by atomic mass is 32.2. The van der Waals surface area contributed by atoms with Crippen LogP contribution in [0.4, 0.5) is 0 Å². The Morgan fingerprint density at radius 1 is 1.42 bits per heavy atom. The maximum atomic E-state index is 11.9. The van der Waals surface area contributed by atoms with E-state index < -0.39 is 18.4 Å². The predicted octanol–water partition coefficient (Wildman–Crippen LogP) is 1.86. The minimum Gasteiger partial charge on any atom is -0.393 e. The molecule has 1 aliphatic rings. The molecule has 0 saturated heterocycles. The lowest BCUT2D eigenvalue weighted by Crippen LogP contribution is -2.17. The van der Waals surface area contributed by atoms with Gasteiger partial charge in [-0.05, 0) is 31.2 Å². The Kier molecular flexibility index (Phi) is 4.31.